The molecule has 106 valence electrons. The molecule has 0 aliphatic heterocycles. The number of amides is 1. The van der Waals surface area contributed by atoms with Crippen LogP contribution in [0, 0.1) is 11.3 Å². The van der Waals surface area contributed by atoms with Crippen molar-refractivity contribution in [2.24, 2.45) is 11.3 Å². The average molecular weight is 284 g/mol. The van der Waals surface area contributed by atoms with E-state index in [9.17, 15) is 9.59 Å². The first-order valence-electron chi connectivity index (χ1n) is 6.15. The number of hydrogen-bond donors (Lipinski definition) is 2. The van der Waals surface area contributed by atoms with E-state index in [2.05, 4.69) is 10.3 Å². The molecule has 0 saturated heterocycles. The molecule has 0 saturated carbocycles. The van der Waals surface area contributed by atoms with E-state index in [1.54, 1.807) is 20.8 Å². The molecule has 1 rings (SSSR count). The molecule has 0 radical (unpaired) electrons. The van der Waals surface area contributed by atoms with Crippen molar-refractivity contribution in [3.63, 3.8) is 0 Å². The number of carbonyl (C=O) groups excluding carboxylic acids is 1. The Bertz CT molecular complexity index is 487. The van der Waals surface area contributed by atoms with Crippen molar-refractivity contribution >= 4 is 28.3 Å². The first-order chi connectivity index (χ1) is 8.61. The van der Waals surface area contributed by atoms with Gasteiger partial charge in [0.2, 0.25) is 5.91 Å². The number of rotatable bonds is 4. The van der Waals surface area contributed by atoms with Gasteiger partial charge >= 0.3 is 5.97 Å². The summed E-state index contributed by atoms with van der Waals surface area (Å²) in [6.45, 7) is 9.38. The molecule has 5 nitrogen and oxygen atoms in total. The van der Waals surface area contributed by atoms with Gasteiger partial charge in [0.15, 0.2) is 5.13 Å². The molecule has 19 heavy (non-hydrogen) atoms. The summed E-state index contributed by atoms with van der Waals surface area (Å²) >= 11 is 1.01. The fraction of sp³-hybridized carbons (Fsp3) is 0.615. The molecule has 0 spiro atoms. The molecule has 6 heteroatoms. The Morgan fingerprint density at radius 1 is 1.37 bits per heavy atom. The van der Waals surface area contributed by atoms with Gasteiger partial charge in [-0.2, -0.15) is 0 Å². The van der Waals surface area contributed by atoms with Crippen molar-refractivity contribution in [1.82, 2.24) is 4.98 Å². The SMILES string of the molecule is CC(C)Cc1nc(NC(=O)C(C)(C)C)sc1C(=O)O. The van der Waals surface area contributed by atoms with Gasteiger partial charge < -0.3 is 10.4 Å². The first-order valence-corrected chi connectivity index (χ1v) is 6.97. The van der Waals surface area contributed by atoms with Crippen LogP contribution in [-0.2, 0) is 11.2 Å². The monoisotopic (exact) mass is 284 g/mol. The number of hydrogen-bond acceptors (Lipinski definition) is 4. The highest BCUT2D eigenvalue weighted by Crippen LogP contribution is 2.26. The van der Waals surface area contributed by atoms with E-state index in [4.69, 9.17) is 5.11 Å². The quantitative estimate of drug-likeness (QED) is 0.890. The number of nitrogens with zero attached hydrogens (tertiary/aromatic N) is 1. The van der Waals surface area contributed by atoms with Crippen LogP contribution in [-0.4, -0.2) is 22.0 Å². The largest absolute Gasteiger partial charge is 0.477 e. The third-order valence-electron chi connectivity index (χ3n) is 2.39. The number of thiazole rings is 1. The molecule has 0 aromatic carbocycles. The number of carboxylic acids is 1. The van der Waals surface area contributed by atoms with Crippen LogP contribution in [0.1, 0.15) is 50.0 Å². The number of aromatic carboxylic acids is 1. The summed E-state index contributed by atoms with van der Waals surface area (Å²) in [6.07, 6.45) is 0.587. The maximum atomic E-state index is 11.9. The van der Waals surface area contributed by atoms with Gasteiger partial charge in [-0.1, -0.05) is 46.0 Å². The lowest BCUT2D eigenvalue weighted by atomic mass is 9.96. The smallest absolute Gasteiger partial charge is 0.347 e. The van der Waals surface area contributed by atoms with Crippen LogP contribution >= 0.6 is 11.3 Å². The summed E-state index contributed by atoms with van der Waals surface area (Å²) in [5.41, 5.74) is 0.00416. The zero-order chi connectivity index (χ0) is 14.8. The Hall–Kier alpha value is -1.43. The van der Waals surface area contributed by atoms with Gasteiger partial charge in [0.1, 0.15) is 4.88 Å². The molecule has 0 fully saturated rings. The van der Waals surface area contributed by atoms with E-state index in [1.807, 2.05) is 13.8 Å². The lowest BCUT2D eigenvalue weighted by Gasteiger charge is -2.15. The lowest BCUT2D eigenvalue weighted by Crippen LogP contribution is -2.27. The van der Waals surface area contributed by atoms with Gasteiger partial charge in [-0.3, -0.25) is 4.79 Å². The van der Waals surface area contributed by atoms with Gasteiger partial charge in [-0.05, 0) is 12.3 Å². The standard InChI is InChI=1S/C13H20N2O3S/c1-7(2)6-8-9(10(16)17)19-12(14-8)15-11(18)13(3,4)5/h7H,6H2,1-5H3,(H,16,17)(H,14,15,18). The maximum Gasteiger partial charge on any atom is 0.347 e. The number of carbonyl (C=O) groups is 2. The van der Waals surface area contributed by atoms with E-state index < -0.39 is 11.4 Å². The zero-order valence-electron chi connectivity index (χ0n) is 11.9. The van der Waals surface area contributed by atoms with Crippen molar-refractivity contribution < 1.29 is 14.7 Å². The predicted molar refractivity (Wildman–Crippen MR) is 75.7 cm³/mol. The predicted octanol–water partition coefficient (Wildman–Crippen LogP) is 3.02. The van der Waals surface area contributed by atoms with Crippen molar-refractivity contribution in [1.29, 1.82) is 0 Å². The van der Waals surface area contributed by atoms with Crippen LogP contribution in [0.15, 0.2) is 0 Å². The summed E-state index contributed by atoms with van der Waals surface area (Å²) in [6, 6.07) is 0. The third kappa shape index (κ3) is 4.31. The lowest BCUT2D eigenvalue weighted by molar-refractivity contribution is -0.123. The van der Waals surface area contributed by atoms with E-state index in [0.29, 0.717) is 23.2 Å². The average Bonchev–Trinajstić information content (AvgIpc) is 2.58. The zero-order valence-corrected chi connectivity index (χ0v) is 12.7. The minimum absolute atomic E-state index is 0.172. The fourth-order valence-electron chi connectivity index (χ4n) is 1.38. The Balaban J connectivity index is 2.98. The molecule has 1 aromatic rings. The van der Waals surface area contributed by atoms with Gasteiger partial charge in [0.25, 0.3) is 0 Å². The second-order valence-corrected chi connectivity index (χ2v) is 6.90. The minimum atomic E-state index is -0.996. The molecule has 0 bridgehead atoms. The van der Waals surface area contributed by atoms with Crippen LogP contribution in [0.4, 0.5) is 5.13 Å². The molecule has 2 N–H and O–H groups in total. The second-order valence-electron chi connectivity index (χ2n) is 5.90. The van der Waals surface area contributed by atoms with Crippen LogP contribution in [0.2, 0.25) is 0 Å². The Kier molecular flexibility index (Phi) is 4.68. The summed E-state index contributed by atoms with van der Waals surface area (Å²) in [5.74, 6) is -0.856. The number of nitrogens with one attached hydrogen (secondary N) is 1. The van der Waals surface area contributed by atoms with Crippen LogP contribution in [0.3, 0.4) is 0 Å². The normalized spacial score (nSPS) is 11.7. The number of anilines is 1. The summed E-state index contributed by atoms with van der Waals surface area (Å²) in [7, 11) is 0. The molecular weight excluding hydrogens is 264 g/mol. The van der Waals surface area contributed by atoms with Crippen molar-refractivity contribution in [3.05, 3.63) is 10.6 Å². The van der Waals surface area contributed by atoms with Gasteiger partial charge in [-0.15, -0.1) is 0 Å². The van der Waals surface area contributed by atoms with Gasteiger partial charge in [-0.25, -0.2) is 9.78 Å². The van der Waals surface area contributed by atoms with Gasteiger partial charge in [0.05, 0.1) is 5.69 Å². The minimum Gasteiger partial charge on any atom is -0.477 e. The summed E-state index contributed by atoms with van der Waals surface area (Å²) in [5, 5.41) is 12.2. The first kappa shape index (κ1) is 15.6. The highest BCUT2D eigenvalue weighted by molar-refractivity contribution is 7.17. The summed E-state index contributed by atoms with van der Waals surface area (Å²) in [4.78, 5) is 27.4. The van der Waals surface area contributed by atoms with Crippen LogP contribution in [0.25, 0.3) is 0 Å². The molecule has 1 amide bonds. The Morgan fingerprint density at radius 3 is 2.37 bits per heavy atom. The highest BCUT2D eigenvalue weighted by atomic mass is 32.1. The molecule has 0 aliphatic rings. The van der Waals surface area contributed by atoms with Crippen molar-refractivity contribution in [2.45, 2.75) is 41.0 Å². The second kappa shape index (κ2) is 5.69. The summed E-state index contributed by atoms with van der Waals surface area (Å²) < 4.78 is 0. The topological polar surface area (TPSA) is 79.3 Å². The Labute approximate surface area is 117 Å². The molecule has 0 aliphatic carbocycles. The van der Waals surface area contributed by atoms with Crippen molar-refractivity contribution in [3.8, 4) is 0 Å². The molecule has 0 unspecified atom stereocenters. The molecule has 0 atom stereocenters. The molecule has 1 heterocycles. The van der Waals surface area contributed by atoms with E-state index in [-0.39, 0.29) is 10.8 Å². The van der Waals surface area contributed by atoms with E-state index in [1.165, 1.54) is 0 Å². The van der Waals surface area contributed by atoms with Crippen LogP contribution in [0.5, 0.6) is 0 Å². The number of aromatic nitrogens is 1. The van der Waals surface area contributed by atoms with Crippen molar-refractivity contribution in [2.75, 3.05) is 5.32 Å². The Morgan fingerprint density at radius 2 is 1.95 bits per heavy atom. The highest BCUT2D eigenvalue weighted by Gasteiger charge is 2.24. The fourth-order valence-corrected chi connectivity index (χ4v) is 2.21. The molecular formula is C13H20N2O3S. The van der Waals surface area contributed by atoms with E-state index in [0.717, 1.165) is 11.3 Å². The molecule has 1 aromatic heterocycles. The number of carboxylic acid groups (broad SMARTS) is 1. The van der Waals surface area contributed by atoms with Crippen LogP contribution < -0.4 is 5.32 Å². The van der Waals surface area contributed by atoms with Gasteiger partial charge in [0, 0.05) is 5.41 Å². The maximum absolute atomic E-state index is 11.9. The third-order valence-corrected chi connectivity index (χ3v) is 3.40. The van der Waals surface area contributed by atoms with E-state index >= 15 is 0 Å².